The van der Waals surface area contributed by atoms with Crippen LogP contribution in [0.1, 0.15) is 5.56 Å². The molecule has 1 aromatic carbocycles. The summed E-state index contributed by atoms with van der Waals surface area (Å²) in [6.07, 6.45) is 0. The third kappa shape index (κ3) is 2.97. The van der Waals surface area contributed by atoms with Crippen molar-refractivity contribution in [1.82, 2.24) is 0 Å². The van der Waals surface area contributed by atoms with E-state index in [0.717, 1.165) is 0 Å². The minimum absolute atomic E-state index is 0.00498. The van der Waals surface area contributed by atoms with Crippen LogP contribution >= 0.6 is 0 Å². The lowest BCUT2D eigenvalue weighted by Crippen LogP contribution is -2.12. The molecule has 0 spiro atoms. The Morgan fingerprint density at radius 1 is 1.44 bits per heavy atom. The topological polar surface area (TPSA) is 95.4 Å². The quantitative estimate of drug-likeness (QED) is 0.691. The van der Waals surface area contributed by atoms with Gasteiger partial charge < -0.3 is 10.5 Å². The predicted molar refractivity (Wildman–Crippen MR) is 60.3 cm³/mol. The number of hydrogen-bond donors (Lipinski definition) is 2. The highest BCUT2D eigenvalue weighted by atomic mass is 32.2. The van der Waals surface area contributed by atoms with E-state index in [0.29, 0.717) is 11.3 Å². The van der Waals surface area contributed by atoms with Gasteiger partial charge in [-0.15, -0.1) is 0 Å². The van der Waals surface area contributed by atoms with Gasteiger partial charge >= 0.3 is 0 Å². The average Bonchev–Trinajstić information content (AvgIpc) is 2.24. The van der Waals surface area contributed by atoms with Gasteiger partial charge in [-0.1, -0.05) is 11.8 Å². The molecule has 1 rings (SSSR count). The highest BCUT2D eigenvalue weighted by Crippen LogP contribution is 2.20. The van der Waals surface area contributed by atoms with E-state index in [1.54, 1.807) is 0 Å². The largest absolute Gasteiger partial charge is 0.495 e. The van der Waals surface area contributed by atoms with E-state index >= 15 is 0 Å². The first-order valence-electron chi connectivity index (χ1n) is 4.39. The van der Waals surface area contributed by atoms with E-state index in [4.69, 9.17) is 15.6 Å². The molecule has 86 valence electrons. The summed E-state index contributed by atoms with van der Waals surface area (Å²) < 4.78 is 27.3. The Balaban J connectivity index is 3.33. The molecule has 0 aliphatic heterocycles. The first-order chi connectivity index (χ1) is 7.49. The first-order valence-corrected chi connectivity index (χ1v) is 5.93. The summed E-state index contributed by atoms with van der Waals surface area (Å²) in [7, 11) is -2.26. The molecule has 5 nitrogen and oxygen atoms in total. The van der Waals surface area contributed by atoms with Crippen molar-refractivity contribution in [3.8, 4) is 17.6 Å². The molecule has 0 aromatic heterocycles. The monoisotopic (exact) mass is 240 g/mol. The fourth-order valence-corrected chi connectivity index (χ4v) is 1.65. The van der Waals surface area contributed by atoms with E-state index in [9.17, 15) is 8.42 Å². The predicted octanol–water partition coefficient (Wildman–Crippen LogP) is -0.347. The number of benzene rings is 1. The number of nitrogens with two attached hydrogens (primary N) is 2. The molecular weight excluding hydrogens is 228 g/mol. The van der Waals surface area contributed by atoms with Crippen LogP contribution in [0.2, 0.25) is 0 Å². The lowest BCUT2D eigenvalue weighted by molar-refractivity contribution is 0.413. The molecule has 0 fully saturated rings. The Labute approximate surface area is 94.4 Å². The Morgan fingerprint density at radius 3 is 2.62 bits per heavy atom. The van der Waals surface area contributed by atoms with Crippen LogP contribution < -0.4 is 15.6 Å². The van der Waals surface area contributed by atoms with Crippen molar-refractivity contribution in [1.29, 1.82) is 0 Å². The Bertz CT molecular complexity index is 541. The summed E-state index contributed by atoms with van der Waals surface area (Å²) in [5.41, 5.74) is 5.68. The summed E-state index contributed by atoms with van der Waals surface area (Å²) in [6.45, 7) is 0.183. The molecule has 0 saturated carbocycles. The zero-order valence-electron chi connectivity index (χ0n) is 8.73. The molecule has 0 aliphatic rings. The van der Waals surface area contributed by atoms with Crippen LogP contribution in [-0.2, 0) is 10.0 Å². The van der Waals surface area contributed by atoms with Crippen molar-refractivity contribution < 1.29 is 13.2 Å². The van der Waals surface area contributed by atoms with Crippen molar-refractivity contribution in [3.63, 3.8) is 0 Å². The molecule has 0 saturated heterocycles. The molecule has 0 aliphatic carbocycles. The Kier molecular flexibility index (Phi) is 3.90. The maximum Gasteiger partial charge on any atom is 0.238 e. The summed E-state index contributed by atoms with van der Waals surface area (Å²) in [4.78, 5) is -0.00498. The standard InChI is InChI=1S/C10H12N2O3S/c1-15-10-5-4-9(16(12,13)14)7-8(10)3-2-6-11/h4-5,7H,6,11H2,1H3,(H2,12,13,14). The smallest absolute Gasteiger partial charge is 0.238 e. The lowest BCUT2D eigenvalue weighted by Gasteiger charge is -2.04. The van der Waals surface area contributed by atoms with Crippen LogP contribution in [0.25, 0.3) is 0 Å². The first kappa shape index (κ1) is 12.5. The van der Waals surface area contributed by atoms with Gasteiger partial charge in [0.1, 0.15) is 5.75 Å². The second-order valence-corrected chi connectivity index (χ2v) is 4.47. The summed E-state index contributed by atoms with van der Waals surface area (Å²) in [5, 5.41) is 5.00. The molecule has 0 radical (unpaired) electrons. The van der Waals surface area contributed by atoms with Gasteiger partial charge in [-0.05, 0) is 18.2 Å². The summed E-state index contributed by atoms with van der Waals surface area (Å²) in [5.74, 6) is 5.82. The van der Waals surface area contributed by atoms with Gasteiger partial charge in [0.25, 0.3) is 0 Å². The van der Waals surface area contributed by atoms with Crippen LogP contribution in [0.5, 0.6) is 5.75 Å². The van der Waals surface area contributed by atoms with Crippen molar-refractivity contribution in [2.24, 2.45) is 10.9 Å². The van der Waals surface area contributed by atoms with E-state index in [1.807, 2.05) is 0 Å². The maximum atomic E-state index is 11.1. The molecule has 0 unspecified atom stereocenters. The highest BCUT2D eigenvalue weighted by Gasteiger charge is 2.10. The van der Waals surface area contributed by atoms with Crippen molar-refractivity contribution >= 4 is 10.0 Å². The minimum atomic E-state index is -3.73. The van der Waals surface area contributed by atoms with Gasteiger partial charge in [0.05, 0.1) is 24.1 Å². The second-order valence-electron chi connectivity index (χ2n) is 2.91. The van der Waals surface area contributed by atoms with Crippen LogP contribution in [0, 0.1) is 11.8 Å². The lowest BCUT2D eigenvalue weighted by atomic mass is 10.2. The SMILES string of the molecule is COc1ccc(S(N)(=O)=O)cc1C#CCN. The van der Waals surface area contributed by atoms with E-state index in [1.165, 1.54) is 25.3 Å². The number of ether oxygens (including phenoxy) is 1. The third-order valence-corrected chi connectivity index (χ3v) is 2.74. The number of sulfonamides is 1. The molecular formula is C10H12N2O3S. The Morgan fingerprint density at radius 2 is 2.12 bits per heavy atom. The van der Waals surface area contributed by atoms with Crippen LogP contribution in [0.15, 0.2) is 23.1 Å². The van der Waals surface area contributed by atoms with Crippen LogP contribution in [0.4, 0.5) is 0 Å². The molecule has 0 heterocycles. The number of methoxy groups -OCH3 is 1. The van der Waals surface area contributed by atoms with Gasteiger partial charge in [0, 0.05) is 0 Å². The maximum absolute atomic E-state index is 11.1. The number of hydrogen-bond acceptors (Lipinski definition) is 4. The molecule has 4 N–H and O–H groups in total. The third-order valence-electron chi connectivity index (χ3n) is 1.82. The van der Waals surface area contributed by atoms with Crippen molar-refractivity contribution in [2.75, 3.05) is 13.7 Å². The van der Waals surface area contributed by atoms with Gasteiger partial charge in [-0.3, -0.25) is 0 Å². The van der Waals surface area contributed by atoms with Crippen molar-refractivity contribution in [2.45, 2.75) is 4.90 Å². The van der Waals surface area contributed by atoms with Gasteiger partial charge in [-0.2, -0.15) is 0 Å². The zero-order chi connectivity index (χ0) is 12.2. The second kappa shape index (κ2) is 4.99. The van der Waals surface area contributed by atoms with Gasteiger partial charge in [0.2, 0.25) is 10.0 Å². The molecule has 0 bridgehead atoms. The molecule has 6 heteroatoms. The van der Waals surface area contributed by atoms with E-state index < -0.39 is 10.0 Å². The fourth-order valence-electron chi connectivity index (χ4n) is 1.11. The van der Waals surface area contributed by atoms with E-state index in [-0.39, 0.29) is 11.4 Å². The molecule has 0 atom stereocenters. The van der Waals surface area contributed by atoms with Crippen LogP contribution in [0.3, 0.4) is 0 Å². The Hall–Kier alpha value is -1.55. The van der Waals surface area contributed by atoms with Gasteiger partial charge in [0.15, 0.2) is 0 Å². The van der Waals surface area contributed by atoms with E-state index in [2.05, 4.69) is 11.8 Å². The molecule has 16 heavy (non-hydrogen) atoms. The normalized spacial score (nSPS) is 10.4. The summed E-state index contributed by atoms with van der Waals surface area (Å²) >= 11 is 0. The molecule has 1 aromatic rings. The fraction of sp³-hybridized carbons (Fsp3) is 0.200. The number of rotatable bonds is 2. The molecule has 0 amide bonds. The highest BCUT2D eigenvalue weighted by molar-refractivity contribution is 7.89. The van der Waals surface area contributed by atoms with Crippen LogP contribution in [-0.4, -0.2) is 22.1 Å². The summed E-state index contributed by atoms with van der Waals surface area (Å²) in [6, 6.07) is 4.22. The van der Waals surface area contributed by atoms with Gasteiger partial charge in [-0.25, -0.2) is 13.6 Å². The van der Waals surface area contributed by atoms with Crippen molar-refractivity contribution in [3.05, 3.63) is 23.8 Å². The minimum Gasteiger partial charge on any atom is -0.495 e. The zero-order valence-corrected chi connectivity index (χ0v) is 9.54. The number of primary sulfonamides is 1. The average molecular weight is 240 g/mol.